The second-order valence-corrected chi connectivity index (χ2v) is 4.47. The lowest BCUT2D eigenvalue weighted by atomic mass is 10.3. The first-order valence-electron chi connectivity index (χ1n) is 5.87. The number of hydrogen-bond acceptors (Lipinski definition) is 3. The predicted molar refractivity (Wildman–Crippen MR) is 81.6 cm³/mol. The Morgan fingerprint density at radius 3 is 2.63 bits per heavy atom. The van der Waals surface area contributed by atoms with Crippen molar-refractivity contribution in [1.82, 2.24) is 5.43 Å². The van der Waals surface area contributed by atoms with Gasteiger partial charge in [-0.05, 0) is 44.3 Å². The Morgan fingerprint density at radius 1 is 1.26 bits per heavy atom. The van der Waals surface area contributed by atoms with Gasteiger partial charge in [0.05, 0.1) is 6.21 Å². The standard InChI is InChI=1S/C14H15N3OS/c1-10-8-12(11(2)18-10)9-15-17-14(19)16-13-6-4-3-5-7-13/h3-9H,1-2H3,(H2,16,17,19)/b15-9-. The van der Waals surface area contributed by atoms with Crippen LogP contribution >= 0.6 is 12.2 Å². The first-order chi connectivity index (χ1) is 9.15. The summed E-state index contributed by atoms with van der Waals surface area (Å²) in [6.07, 6.45) is 1.69. The molecule has 2 aromatic rings. The van der Waals surface area contributed by atoms with Gasteiger partial charge in [0.1, 0.15) is 11.5 Å². The zero-order valence-electron chi connectivity index (χ0n) is 10.8. The highest BCUT2D eigenvalue weighted by Crippen LogP contribution is 2.10. The number of hydrazone groups is 1. The molecule has 0 unspecified atom stereocenters. The third-order valence-corrected chi connectivity index (χ3v) is 2.67. The summed E-state index contributed by atoms with van der Waals surface area (Å²) in [7, 11) is 0. The monoisotopic (exact) mass is 273 g/mol. The van der Waals surface area contributed by atoms with Crippen LogP contribution in [0.5, 0.6) is 0 Å². The molecule has 0 aliphatic heterocycles. The van der Waals surface area contributed by atoms with Gasteiger partial charge in [0.15, 0.2) is 5.11 Å². The number of aryl methyl sites for hydroxylation is 2. The fraction of sp³-hybridized carbons (Fsp3) is 0.143. The van der Waals surface area contributed by atoms with E-state index in [2.05, 4.69) is 15.8 Å². The molecule has 0 bridgehead atoms. The third kappa shape index (κ3) is 3.93. The molecule has 0 radical (unpaired) electrons. The van der Waals surface area contributed by atoms with Gasteiger partial charge >= 0.3 is 0 Å². The van der Waals surface area contributed by atoms with Crippen LogP contribution in [0.2, 0.25) is 0 Å². The number of para-hydroxylation sites is 1. The smallest absolute Gasteiger partial charge is 0.191 e. The molecule has 5 heteroatoms. The van der Waals surface area contributed by atoms with Crippen LogP contribution < -0.4 is 10.7 Å². The molecule has 98 valence electrons. The van der Waals surface area contributed by atoms with Gasteiger partial charge in [-0.2, -0.15) is 5.10 Å². The van der Waals surface area contributed by atoms with Gasteiger partial charge in [-0.25, -0.2) is 0 Å². The van der Waals surface area contributed by atoms with Crippen LogP contribution in [0, 0.1) is 13.8 Å². The average molecular weight is 273 g/mol. The Kier molecular flexibility index (Phi) is 4.30. The molecule has 2 rings (SSSR count). The Bertz CT molecular complexity index is 590. The lowest BCUT2D eigenvalue weighted by molar-refractivity contribution is 0.504. The molecule has 0 aliphatic rings. The molecular formula is C14H15N3OS. The minimum atomic E-state index is 0.445. The molecule has 0 amide bonds. The topological polar surface area (TPSA) is 49.6 Å². The van der Waals surface area contributed by atoms with Crippen molar-refractivity contribution in [2.45, 2.75) is 13.8 Å². The average Bonchev–Trinajstić information content (AvgIpc) is 2.69. The van der Waals surface area contributed by atoms with E-state index in [0.29, 0.717) is 5.11 Å². The molecular weight excluding hydrogens is 258 g/mol. The summed E-state index contributed by atoms with van der Waals surface area (Å²) >= 11 is 5.13. The van der Waals surface area contributed by atoms with E-state index in [-0.39, 0.29) is 0 Å². The van der Waals surface area contributed by atoms with Crippen molar-refractivity contribution in [1.29, 1.82) is 0 Å². The van der Waals surface area contributed by atoms with Gasteiger partial charge in [-0.15, -0.1) is 0 Å². The summed E-state index contributed by atoms with van der Waals surface area (Å²) < 4.78 is 5.40. The fourth-order valence-corrected chi connectivity index (χ4v) is 1.79. The molecule has 19 heavy (non-hydrogen) atoms. The van der Waals surface area contributed by atoms with Crippen molar-refractivity contribution >= 4 is 29.2 Å². The van der Waals surface area contributed by atoms with Crippen LogP contribution in [-0.4, -0.2) is 11.3 Å². The Hall–Kier alpha value is -2.14. The first-order valence-corrected chi connectivity index (χ1v) is 6.28. The normalized spacial score (nSPS) is 10.6. The molecule has 0 atom stereocenters. The number of rotatable bonds is 3. The fourth-order valence-electron chi connectivity index (χ4n) is 1.62. The summed E-state index contributed by atoms with van der Waals surface area (Å²) in [4.78, 5) is 0. The molecule has 0 saturated heterocycles. The maximum absolute atomic E-state index is 5.40. The lowest BCUT2D eigenvalue weighted by Crippen LogP contribution is -2.23. The number of thiocarbonyl (C=S) groups is 1. The number of anilines is 1. The van der Waals surface area contributed by atoms with Gasteiger partial charge in [-0.1, -0.05) is 18.2 Å². The summed E-state index contributed by atoms with van der Waals surface area (Å²) in [6.45, 7) is 3.80. The molecule has 0 fully saturated rings. The summed E-state index contributed by atoms with van der Waals surface area (Å²) in [5, 5.41) is 7.55. The molecule has 0 spiro atoms. The SMILES string of the molecule is Cc1cc(/C=N\NC(=S)Nc2ccccc2)c(C)o1. The van der Waals surface area contributed by atoms with Gasteiger partial charge in [0, 0.05) is 11.3 Å². The minimum Gasteiger partial charge on any atom is -0.466 e. The van der Waals surface area contributed by atoms with Crippen molar-refractivity contribution in [2.75, 3.05) is 5.32 Å². The second kappa shape index (κ2) is 6.15. The quantitative estimate of drug-likeness (QED) is 0.512. The van der Waals surface area contributed by atoms with Crippen LogP contribution in [0.15, 0.2) is 45.9 Å². The number of benzene rings is 1. The van der Waals surface area contributed by atoms with Crippen molar-refractivity contribution < 1.29 is 4.42 Å². The first kappa shape index (κ1) is 13.3. The van der Waals surface area contributed by atoms with Crippen LogP contribution in [0.3, 0.4) is 0 Å². The van der Waals surface area contributed by atoms with Gasteiger partial charge < -0.3 is 9.73 Å². The maximum atomic E-state index is 5.40. The number of furan rings is 1. The Balaban J connectivity index is 1.88. The molecule has 1 heterocycles. The zero-order chi connectivity index (χ0) is 13.7. The van der Waals surface area contributed by atoms with Gasteiger partial charge in [-0.3, -0.25) is 5.43 Å². The molecule has 2 N–H and O–H groups in total. The van der Waals surface area contributed by atoms with Crippen molar-refractivity contribution in [3.63, 3.8) is 0 Å². The summed E-state index contributed by atoms with van der Waals surface area (Å²) in [5.74, 6) is 1.70. The Labute approximate surface area is 117 Å². The van der Waals surface area contributed by atoms with Crippen LogP contribution in [-0.2, 0) is 0 Å². The van der Waals surface area contributed by atoms with Gasteiger partial charge in [0.25, 0.3) is 0 Å². The second-order valence-electron chi connectivity index (χ2n) is 4.06. The largest absolute Gasteiger partial charge is 0.466 e. The van der Waals surface area contributed by atoms with Crippen LogP contribution in [0.1, 0.15) is 17.1 Å². The minimum absolute atomic E-state index is 0.445. The number of nitrogens with one attached hydrogen (secondary N) is 2. The third-order valence-electron chi connectivity index (χ3n) is 2.48. The Morgan fingerprint density at radius 2 is 2.00 bits per heavy atom. The highest BCUT2D eigenvalue weighted by Gasteiger charge is 2.01. The van der Waals surface area contributed by atoms with E-state index in [9.17, 15) is 0 Å². The lowest BCUT2D eigenvalue weighted by Gasteiger charge is -2.05. The van der Waals surface area contributed by atoms with Gasteiger partial charge in [0.2, 0.25) is 0 Å². The van der Waals surface area contributed by atoms with E-state index in [1.54, 1.807) is 6.21 Å². The molecule has 0 aliphatic carbocycles. The van der Waals surface area contributed by atoms with Crippen LogP contribution in [0.25, 0.3) is 0 Å². The molecule has 4 nitrogen and oxygen atoms in total. The number of nitrogens with zero attached hydrogens (tertiary/aromatic N) is 1. The van der Waals surface area contributed by atoms with E-state index in [1.165, 1.54) is 0 Å². The van der Waals surface area contributed by atoms with E-state index in [0.717, 1.165) is 22.8 Å². The van der Waals surface area contributed by atoms with E-state index in [1.807, 2.05) is 50.2 Å². The van der Waals surface area contributed by atoms with Crippen molar-refractivity contribution in [2.24, 2.45) is 5.10 Å². The highest BCUT2D eigenvalue weighted by atomic mass is 32.1. The van der Waals surface area contributed by atoms with Crippen molar-refractivity contribution in [3.8, 4) is 0 Å². The van der Waals surface area contributed by atoms with E-state index < -0.39 is 0 Å². The highest BCUT2D eigenvalue weighted by molar-refractivity contribution is 7.80. The predicted octanol–water partition coefficient (Wildman–Crippen LogP) is 3.22. The van der Waals surface area contributed by atoms with Crippen LogP contribution in [0.4, 0.5) is 5.69 Å². The molecule has 1 aromatic heterocycles. The van der Waals surface area contributed by atoms with E-state index >= 15 is 0 Å². The summed E-state index contributed by atoms with van der Waals surface area (Å²) in [5.41, 5.74) is 4.62. The van der Waals surface area contributed by atoms with Crippen molar-refractivity contribution in [3.05, 3.63) is 53.5 Å². The summed E-state index contributed by atoms with van der Waals surface area (Å²) in [6, 6.07) is 11.6. The number of hydrogen-bond donors (Lipinski definition) is 2. The zero-order valence-corrected chi connectivity index (χ0v) is 11.6. The van der Waals surface area contributed by atoms with E-state index in [4.69, 9.17) is 16.6 Å². The maximum Gasteiger partial charge on any atom is 0.191 e. The molecule has 1 aromatic carbocycles. The molecule has 0 saturated carbocycles.